The monoisotopic (exact) mass is 370 g/mol. The number of nitrogens with one attached hydrogen (secondary N) is 1. The predicted octanol–water partition coefficient (Wildman–Crippen LogP) is 2.97. The number of aromatic nitrogens is 3. The molecule has 2 heterocycles. The summed E-state index contributed by atoms with van der Waals surface area (Å²) in [7, 11) is 0. The molecule has 4 rings (SSSR count). The number of hydrogen-bond acceptors (Lipinski definition) is 4. The van der Waals surface area contributed by atoms with Crippen molar-refractivity contribution in [3.05, 3.63) is 23.0 Å². The van der Waals surface area contributed by atoms with E-state index in [4.69, 9.17) is 4.98 Å². The topological polar surface area (TPSA) is 97.1 Å². The van der Waals surface area contributed by atoms with Crippen LogP contribution in [0.2, 0.25) is 0 Å². The van der Waals surface area contributed by atoms with Gasteiger partial charge < -0.3 is 10.4 Å². The van der Waals surface area contributed by atoms with Crippen molar-refractivity contribution in [3.63, 3.8) is 0 Å². The molecule has 1 atom stereocenters. The number of aryl methyl sites for hydroxylation is 1. The predicted molar refractivity (Wildman–Crippen MR) is 101 cm³/mol. The molecule has 2 fully saturated rings. The first-order valence-corrected chi connectivity index (χ1v) is 9.61. The van der Waals surface area contributed by atoms with E-state index in [2.05, 4.69) is 31.2 Å². The maximum Gasteiger partial charge on any atom is 0.326 e. The lowest BCUT2D eigenvalue weighted by atomic mass is 10.0. The SMILES string of the molecule is Cc1nn(C(C)(C)C)c2nc(C3CC3)cc(C(=O)NC(C(=O)O)C3CC3)c12. The molecule has 2 aliphatic carbocycles. The largest absolute Gasteiger partial charge is 0.480 e. The van der Waals surface area contributed by atoms with Crippen LogP contribution in [0.25, 0.3) is 11.0 Å². The highest BCUT2D eigenvalue weighted by Gasteiger charge is 2.38. The van der Waals surface area contributed by atoms with Gasteiger partial charge in [0.25, 0.3) is 5.91 Å². The first-order valence-electron chi connectivity index (χ1n) is 9.61. The minimum atomic E-state index is -0.972. The fourth-order valence-electron chi connectivity index (χ4n) is 3.57. The van der Waals surface area contributed by atoms with Gasteiger partial charge in [0.2, 0.25) is 0 Å². The van der Waals surface area contributed by atoms with Gasteiger partial charge in [-0.3, -0.25) is 4.79 Å². The lowest BCUT2D eigenvalue weighted by molar-refractivity contribution is -0.139. The van der Waals surface area contributed by atoms with Gasteiger partial charge in [-0.05, 0) is 65.4 Å². The van der Waals surface area contributed by atoms with Gasteiger partial charge >= 0.3 is 5.97 Å². The number of carboxylic acids is 1. The second-order valence-electron chi connectivity index (χ2n) is 8.86. The van der Waals surface area contributed by atoms with E-state index < -0.39 is 12.0 Å². The normalized spacial score (nSPS) is 18.5. The van der Waals surface area contributed by atoms with Gasteiger partial charge in [0.1, 0.15) is 6.04 Å². The van der Waals surface area contributed by atoms with E-state index in [9.17, 15) is 14.7 Å². The van der Waals surface area contributed by atoms with Gasteiger partial charge in [-0.15, -0.1) is 0 Å². The van der Waals surface area contributed by atoms with E-state index in [-0.39, 0.29) is 17.4 Å². The first kappa shape index (κ1) is 17.9. The molecule has 0 bridgehead atoms. The second kappa shape index (κ2) is 6.04. The Morgan fingerprint density at radius 1 is 1.26 bits per heavy atom. The average molecular weight is 370 g/mol. The number of hydrogen-bond donors (Lipinski definition) is 2. The average Bonchev–Trinajstić information content (AvgIpc) is 3.48. The number of nitrogens with zero attached hydrogens (tertiary/aromatic N) is 3. The molecule has 2 N–H and O–H groups in total. The highest BCUT2D eigenvalue weighted by Crippen LogP contribution is 2.41. The molecule has 0 radical (unpaired) electrons. The molecule has 7 nitrogen and oxygen atoms in total. The third kappa shape index (κ3) is 3.31. The molecule has 1 unspecified atom stereocenters. The Balaban J connectivity index is 1.82. The summed E-state index contributed by atoms with van der Waals surface area (Å²) in [6, 6.07) is 1.01. The summed E-state index contributed by atoms with van der Waals surface area (Å²) < 4.78 is 1.87. The highest BCUT2D eigenvalue weighted by molar-refractivity contribution is 6.07. The van der Waals surface area contributed by atoms with Crippen molar-refractivity contribution in [2.45, 2.75) is 70.9 Å². The quantitative estimate of drug-likeness (QED) is 0.843. The van der Waals surface area contributed by atoms with Crippen LogP contribution < -0.4 is 5.32 Å². The van der Waals surface area contributed by atoms with Gasteiger partial charge in [0, 0.05) is 11.6 Å². The van der Waals surface area contributed by atoms with Gasteiger partial charge in [0.15, 0.2) is 5.65 Å². The molecular weight excluding hydrogens is 344 g/mol. The van der Waals surface area contributed by atoms with Crippen molar-refractivity contribution >= 4 is 22.9 Å². The number of carboxylic acid groups (broad SMARTS) is 1. The van der Waals surface area contributed by atoms with E-state index >= 15 is 0 Å². The van der Waals surface area contributed by atoms with Gasteiger partial charge in [-0.2, -0.15) is 5.10 Å². The van der Waals surface area contributed by atoms with Crippen LogP contribution in [0, 0.1) is 12.8 Å². The third-order valence-electron chi connectivity index (χ3n) is 5.35. The van der Waals surface area contributed by atoms with E-state index in [1.807, 2.05) is 17.7 Å². The molecule has 0 aliphatic heterocycles. The lowest BCUT2D eigenvalue weighted by Crippen LogP contribution is -2.42. The zero-order valence-electron chi connectivity index (χ0n) is 16.2. The highest BCUT2D eigenvalue weighted by atomic mass is 16.4. The first-order chi connectivity index (χ1) is 12.7. The second-order valence-corrected chi connectivity index (χ2v) is 8.86. The molecule has 2 aliphatic rings. The van der Waals surface area contributed by atoms with Crippen LogP contribution in [-0.4, -0.2) is 37.8 Å². The van der Waals surface area contributed by atoms with Crippen LogP contribution in [0.15, 0.2) is 6.07 Å². The van der Waals surface area contributed by atoms with Crippen molar-refractivity contribution in [1.82, 2.24) is 20.1 Å². The molecular formula is C20H26N4O3. The van der Waals surface area contributed by atoms with Gasteiger partial charge in [0.05, 0.1) is 22.2 Å². The Hall–Kier alpha value is -2.44. The third-order valence-corrected chi connectivity index (χ3v) is 5.35. The Bertz CT molecular complexity index is 933. The molecule has 0 saturated heterocycles. The van der Waals surface area contributed by atoms with Crippen LogP contribution in [0.3, 0.4) is 0 Å². The summed E-state index contributed by atoms with van der Waals surface area (Å²) in [5.41, 5.74) is 2.55. The summed E-state index contributed by atoms with van der Waals surface area (Å²) >= 11 is 0. The minimum Gasteiger partial charge on any atom is -0.480 e. The number of carbonyl (C=O) groups excluding carboxylic acids is 1. The van der Waals surface area contributed by atoms with E-state index in [1.54, 1.807) is 0 Å². The Morgan fingerprint density at radius 2 is 1.93 bits per heavy atom. The van der Waals surface area contributed by atoms with Crippen LogP contribution >= 0.6 is 0 Å². The number of amides is 1. The Morgan fingerprint density at radius 3 is 2.44 bits per heavy atom. The molecule has 0 aromatic carbocycles. The standard InChI is InChI=1S/C20H26N4O3/c1-10-15-13(18(25)22-16(19(26)27)12-7-8-12)9-14(11-5-6-11)21-17(15)24(23-10)20(2,3)4/h9,11-12,16H,5-8H2,1-4H3,(H,22,25)(H,26,27). The zero-order valence-corrected chi connectivity index (χ0v) is 16.2. The van der Waals surface area contributed by atoms with Crippen molar-refractivity contribution in [3.8, 4) is 0 Å². The van der Waals surface area contributed by atoms with Crippen molar-refractivity contribution in [2.75, 3.05) is 0 Å². The van der Waals surface area contributed by atoms with Crippen LogP contribution in [0.4, 0.5) is 0 Å². The summed E-state index contributed by atoms with van der Waals surface area (Å²) in [6.45, 7) is 8.03. The van der Waals surface area contributed by atoms with Crippen molar-refractivity contribution in [1.29, 1.82) is 0 Å². The number of pyridine rings is 1. The van der Waals surface area contributed by atoms with Crippen LogP contribution in [0.5, 0.6) is 0 Å². The molecule has 2 aromatic heterocycles. The summed E-state index contributed by atoms with van der Waals surface area (Å²) in [4.78, 5) is 29.5. The number of carbonyl (C=O) groups is 2. The maximum atomic E-state index is 13.1. The fraction of sp³-hybridized carbons (Fsp3) is 0.600. The number of rotatable bonds is 5. The fourth-order valence-corrected chi connectivity index (χ4v) is 3.57. The van der Waals surface area contributed by atoms with Crippen LogP contribution in [0.1, 0.15) is 74.1 Å². The van der Waals surface area contributed by atoms with Gasteiger partial charge in [-0.1, -0.05) is 0 Å². The minimum absolute atomic E-state index is 0.0325. The molecule has 27 heavy (non-hydrogen) atoms. The molecule has 144 valence electrons. The van der Waals surface area contributed by atoms with Crippen molar-refractivity contribution in [2.24, 2.45) is 5.92 Å². The van der Waals surface area contributed by atoms with E-state index in [0.717, 1.165) is 37.1 Å². The lowest BCUT2D eigenvalue weighted by Gasteiger charge is -2.20. The van der Waals surface area contributed by atoms with Gasteiger partial charge in [-0.25, -0.2) is 14.5 Å². The molecule has 7 heteroatoms. The molecule has 1 amide bonds. The Kier molecular flexibility index (Phi) is 4.01. The summed E-state index contributed by atoms with van der Waals surface area (Å²) in [6.07, 6.45) is 3.83. The smallest absolute Gasteiger partial charge is 0.326 e. The summed E-state index contributed by atoms with van der Waals surface area (Å²) in [5, 5.41) is 17.6. The van der Waals surface area contributed by atoms with Crippen LogP contribution in [-0.2, 0) is 10.3 Å². The zero-order chi connectivity index (χ0) is 19.5. The van der Waals surface area contributed by atoms with Crippen molar-refractivity contribution < 1.29 is 14.7 Å². The van der Waals surface area contributed by atoms with E-state index in [0.29, 0.717) is 22.5 Å². The Labute approximate surface area is 158 Å². The summed E-state index contributed by atoms with van der Waals surface area (Å²) in [5.74, 6) is -0.908. The maximum absolute atomic E-state index is 13.1. The molecule has 2 aromatic rings. The van der Waals surface area contributed by atoms with E-state index in [1.165, 1.54) is 0 Å². The number of aliphatic carboxylic acids is 1. The molecule has 0 spiro atoms. The molecule has 2 saturated carbocycles. The number of fused-ring (bicyclic) bond motifs is 1.